The van der Waals surface area contributed by atoms with E-state index in [1.807, 2.05) is 38.5 Å². The Balaban J connectivity index is 1.62. The molecule has 138 valence electrons. The minimum atomic E-state index is 0.274. The van der Waals surface area contributed by atoms with E-state index in [1.165, 1.54) is 11.4 Å². The number of anilines is 1. The minimum absolute atomic E-state index is 0.274. The van der Waals surface area contributed by atoms with Gasteiger partial charge in [0.25, 0.3) is 0 Å². The standard InChI is InChI=1S/C22H23N3O2/c1-15-11-17(13-23-18-5-10-21-22(12-18)27-14-26-21)16(2)25(15)20-8-6-19(7-9-20)24(3)4/h5-13H,14H2,1-4H3. The Hall–Kier alpha value is -3.21. The first-order chi connectivity index (χ1) is 13.0. The highest BCUT2D eigenvalue weighted by Crippen LogP contribution is 2.35. The van der Waals surface area contributed by atoms with E-state index >= 15 is 0 Å². The van der Waals surface area contributed by atoms with Crippen LogP contribution in [0.5, 0.6) is 11.5 Å². The zero-order chi connectivity index (χ0) is 19.0. The third-order valence-electron chi connectivity index (χ3n) is 4.80. The number of ether oxygens (including phenoxy) is 2. The summed E-state index contributed by atoms with van der Waals surface area (Å²) in [5.41, 5.74) is 6.62. The van der Waals surface area contributed by atoms with Crippen LogP contribution in [0.15, 0.2) is 53.5 Å². The Bertz CT molecular complexity index is 1000. The normalized spacial score (nSPS) is 12.7. The first kappa shape index (κ1) is 17.2. The Morgan fingerprint density at radius 3 is 2.44 bits per heavy atom. The Morgan fingerprint density at radius 2 is 1.70 bits per heavy atom. The van der Waals surface area contributed by atoms with Gasteiger partial charge in [0.05, 0.1) is 5.69 Å². The van der Waals surface area contributed by atoms with Crippen LogP contribution in [0.2, 0.25) is 0 Å². The lowest BCUT2D eigenvalue weighted by molar-refractivity contribution is 0.174. The van der Waals surface area contributed by atoms with Gasteiger partial charge in [0, 0.05) is 54.7 Å². The number of nitrogens with zero attached hydrogens (tertiary/aromatic N) is 3. The molecule has 1 aliphatic heterocycles. The maximum atomic E-state index is 5.42. The summed E-state index contributed by atoms with van der Waals surface area (Å²) >= 11 is 0. The molecule has 0 spiro atoms. The van der Waals surface area contributed by atoms with E-state index < -0.39 is 0 Å². The highest BCUT2D eigenvalue weighted by molar-refractivity contribution is 5.84. The van der Waals surface area contributed by atoms with Crippen molar-refractivity contribution in [2.24, 2.45) is 4.99 Å². The largest absolute Gasteiger partial charge is 0.454 e. The molecule has 0 aliphatic carbocycles. The summed E-state index contributed by atoms with van der Waals surface area (Å²) in [7, 11) is 4.09. The number of aryl methyl sites for hydroxylation is 1. The van der Waals surface area contributed by atoms with E-state index in [4.69, 9.17) is 9.47 Å². The van der Waals surface area contributed by atoms with Crippen LogP contribution in [-0.4, -0.2) is 31.7 Å². The minimum Gasteiger partial charge on any atom is -0.454 e. The lowest BCUT2D eigenvalue weighted by Crippen LogP contribution is -2.08. The van der Waals surface area contributed by atoms with Gasteiger partial charge in [0.15, 0.2) is 11.5 Å². The van der Waals surface area contributed by atoms with Crippen molar-refractivity contribution >= 4 is 17.6 Å². The first-order valence-electron chi connectivity index (χ1n) is 8.93. The molecule has 0 unspecified atom stereocenters. The summed E-state index contributed by atoms with van der Waals surface area (Å²) in [5, 5.41) is 0. The van der Waals surface area contributed by atoms with Crippen LogP contribution < -0.4 is 14.4 Å². The fraction of sp³-hybridized carbons (Fsp3) is 0.227. The van der Waals surface area contributed by atoms with Gasteiger partial charge < -0.3 is 18.9 Å². The van der Waals surface area contributed by atoms with Crippen molar-refractivity contribution in [1.82, 2.24) is 4.57 Å². The molecule has 0 N–H and O–H groups in total. The van der Waals surface area contributed by atoms with Gasteiger partial charge in [-0.15, -0.1) is 0 Å². The van der Waals surface area contributed by atoms with Gasteiger partial charge in [-0.25, -0.2) is 0 Å². The monoisotopic (exact) mass is 361 g/mol. The van der Waals surface area contributed by atoms with Crippen molar-refractivity contribution in [2.75, 3.05) is 25.8 Å². The van der Waals surface area contributed by atoms with E-state index in [2.05, 4.69) is 58.6 Å². The van der Waals surface area contributed by atoms with Crippen molar-refractivity contribution in [3.8, 4) is 17.2 Å². The highest BCUT2D eigenvalue weighted by atomic mass is 16.7. The average Bonchev–Trinajstić information content (AvgIpc) is 3.23. The van der Waals surface area contributed by atoms with Gasteiger partial charge in [-0.2, -0.15) is 0 Å². The Kier molecular flexibility index (Phi) is 4.36. The highest BCUT2D eigenvalue weighted by Gasteiger charge is 2.13. The number of aromatic nitrogens is 1. The molecule has 5 heteroatoms. The lowest BCUT2D eigenvalue weighted by Gasteiger charge is -2.14. The van der Waals surface area contributed by atoms with Crippen LogP contribution in [0.1, 0.15) is 17.0 Å². The molecule has 5 nitrogen and oxygen atoms in total. The van der Waals surface area contributed by atoms with Crippen molar-refractivity contribution in [3.05, 3.63) is 65.5 Å². The molecule has 0 amide bonds. The number of benzene rings is 2. The van der Waals surface area contributed by atoms with Crippen LogP contribution >= 0.6 is 0 Å². The number of aliphatic imine (C=N–C) groups is 1. The van der Waals surface area contributed by atoms with E-state index in [-0.39, 0.29) is 6.79 Å². The maximum Gasteiger partial charge on any atom is 0.231 e. The Morgan fingerprint density at radius 1 is 0.963 bits per heavy atom. The van der Waals surface area contributed by atoms with Crippen molar-refractivity contribution in [2.45, 2.75) is 13.8 Å². The van der Waals surface area contributed by atoms with Crippen molar-refractivity contribution in [3.63, 3.8) is 0 Å². The summed E-state index contributed by atoms with van der Waals surface area (Å²) < 4.78 is 13.0. The molecule has 2 aromatic carbocycles. The van der Waals surface area contributed by atoms with Crippen LogP contribution in [0.4, 0.5) is 11.4 Å². The maximum absolute atomic E-state index is 5.42. The lowest BCUT2D eigenvalue weighted by atomic mass is 10.2. The molecule has 27 heavy (non-hydrogen) atoms. The van der Waals surface area contributed by atoms with E-state index in [9.17, 15) is 0 Å². The number of rotatable bonds is 4. The number of fused-ring (bicyclic) bond motifs is 1. The first-order valence-corrected chi connectivity index (χ1v) is 8.93. The smallest absolute Gasteiger partial charge is 0.231 e. The van der Waals surface area contributed by atoms with Crippen molar-refractivity contribution < 1.29 is 9.47 Å². The topological polar surface area (TPSA) is 39.0 Å². The molecule has 0 bridgehead atoms. The quantitative estimate of drug-likeness (QED) is 0.636. The molecule has 0 saturated carbocycles. The molecule has 0 atom stereocenters. The zero-order valence-corrected chi connectivity index (χ0v) is 16.1. The molecule has 0 saturated heterocycles. The van der Waals surface area contributed by atoms with E-state index in [0.717, 1.165) is 34.1 Å². The number of hydrogen-bond acceptors (Lipinski definition) is 4. The zero-order valence-electron chi connectivity index (χ0n) is 16.1. The van der Waals surface area contributed by atoms with Gasteiger partial charge in [0.1, 0.15) is 0 Å². The van der Waals surface area contributed by atoms with E-state index in [0.29, 0.717) is 0 Å². The molecule has 1 aromatic heterocycles. The second kappa shape index (κ2) is 6.83. The fourth-order valence-corrected chi connectivity index (χ4v) is 3.33. The summed E-state index contributed by atoms with van der Waals surface area (Å²) in [6, 6.07) is 16.4. The molecule has 2 heterocycles. The van der Waals surface area contributed by atoms with Crippen LogP contribution in [0.25, 0.3) is 5.69 Å². The van der Waals surface area contributed by atoms with Gasteiger partial charge in [-0.3, -0.25) is 4.99 Å². The average molecular weight is 361 g/mol. The Labute approximate surface area is 159 Å². The second-order valence-corrected chi connectivity index (χ2v) is 6.87. The van der Waals surface area contributed by atoms with Crippen molar-refractivity contribution in [1.29, 1.82) is 0 Å². The predicted molar refractivity (Wildman–Crippen MR) is 109 cm³/mol. The summed E-state index contributed by atoms with van der Waals surface area (Å²) in [6.45, 7) is 4.51. The van der Waals surface area contributed by atoms with Crippen LogP contribution in [-0.2, 0) is 0 Å². The summed E-state index contributed by atoms with van der Waals surface area (Å²) in [6.07, 6.45) is 1.91. The van der Waals surface area contributed by atoms with E-state index in [1.54, 1.807) is 0 Å². The van der Waals surface area contributed by atoms with Gasteiger partial charge in [-0.05, 0) is 56.3 Å². The SMILES string of the molecule is Cc1cc(C=Nc2ccc3c(c2)OCO3)c(C)n1-c1ccc(N(C)C)cc1. The molecule has 0 radical (unpaired) electrons. The molecule has 3 aromatic rings. The fourth-order valence-electron chi connectivity index (χ4n) is 3.33. The van der Waals surface area contributed by atoms with Crippen LogP contribution in [0, 0.1) is 13.8 Å². The third-order valence-corrected chi connectivity index (χ3v) is 4.80. The second-order valence-electron chi connectivity index (χ2n) is 6.87. The number of hydrogen-bond donors (Lipinski definition) is 0. The molecular weight excluding hydrogens is 338 g/mol. The third kappa shape index (κ3) is 3.28. The molecule has 4 rings (SSSR count). The molecule has 1 aliphatic rings. The van der Waals surface area contributed by atoms with Gasteiger partial charge >= 0.3 is 0 Å². The summed E-state index contributed by atoms with van der Waals surface area (Å²) in [5.74, 6) is 1.52. The predicted octanol–water partition coefficient (Wildman–Crippen LogP) is 4.64. The molecular formula is C22H23N3O2. The van der Waals surface area contributed by atoms with Gasteiger partial charge in [0.2, 0.25) is 6.79 Å². The molecule has 0 fully saturated rings. The van der Waals surface area contributed by atoms with Gasteiger partial charge in [-0.1, -0.05) is 0 Å². The van der Waals surface area contributed by atoms with Crippen LogP contribution in [0.3, 0.4) is 0 Å². The summed E-state index contributed by atoms with van der Waals surface area (Å²) in [4.78, 5) is 6.72.